The number of hydrogen-bond donors (Lipinski definition) is 1. The van der Waals surface area contributed by atoms with Crippen LogP contribution in [0.5, 0.6) is 0 Å². The van der Waals surface area contributed by atoms with E-state index in [0.717, 1.165) is 23.2 Å². The summed E-state index contributed by atoms with van der Waals surface area (Å²) in [6.45, 7) is 9.99. The van der Waals surface area contributed by atoms with Crippen molar-refractivity contribution in [3.8, 4) is 0 Å². The van der Waals surface area contributed by atoms with E-state index in [4.69, 9.17) is 0 Å². The molecular formula is C15H21N3O. The topological polar surface area (TPSA) is 54.4 Å². The van der Waals surface area contributed by atoms with E-state index < -0.39 is 5.54 Å². The molecule has 2 heterocycles. The van der Waals surface area contributed by atoms with Gasteiger partial charge in [0.05, 0.1) is 0 Å². The van der Waals surface area contributed by atoms with Crippen molar-refractivity contribution in [2.24, 2.45) is 10.9 Å². The second-order valence-electron chi connectivity index (χ2n) is 5.59. The number of carbonyl (C=O) groups is 1. The van der Waals surface area contributed by atoms with E-state index in [2.05, 4.69) is 28.3 Å². The molecule has 0 saturated carbocycles. The number of nitrogens with zero attached hydrogens (tertiary/aromatic N) is 2. The third kappa shape index (κ3) is 2.27. The summed E-state index contributed by atoms with van der Waals surface area (Å²) in [6.07, 6.45) is 2.69. The van der Waals surface area contributed by atoms with Crippen molar-refractivity contribution in [2.45, 2.75) is 46.6 Å². The Bertz CT molecular complexity index is 548. The Labute approximate surface area is 114 Å². The van der Waals surface area contributed by atoms with Gasteiger partial charge < -0.3 is 5.32 Å². The molecule has 1 atom stereocenters. The van der Waals surface area contributed by atoms with Crippen molar-refractivity contribution in [1.82, 2.24) is 10.3 Å². The minimum absolute atomic E-state index is 0.0399. The van der Waals surface area contributed by atoms with Crippen LogP contribution in [0.25, 0.3) is 0 Å². The largest absolute Gasteiger partial charge is 0.307 e. The third-order valence-corrected chi connectivity index (χ3v) is 3.87. The Kier molecular flexibility index (Phi) is 3.43. The fourth-order valence-corrected chi connectivity index (χ4v) is 2.16. The number of pyridine rings is 1. The normalized spacial score (nSPS) is 22.6. The van der Waals surface area contributed by atoms with E-state index in [-0.39, 0.29) is 11.8 Å². The van der Waals surface area contributed by atoms with Gasteiger partial charge in [-0.15, -0.1) is 0 Å². The van der Waals surface area contributed by atoms with Crippen LogP contribution in [0.2, 0.25) is 0 Å². The first-order valence-electron chi connectivity index (χ1n) is 6.75. The first kappa shape index (κ1) is 13.7. The van der Waals surface area contributed by atoms with E-state index in [9.17, 15) is 4.79 Å². The van der Waals surface area contributed by atoms with Crippen LogP contribution in [0.3, 0.4) is 0 Å². The number of nitrogens with one attached hydrogen (secondary N) is 1. The molecule has 0 bridgehead atoms. The van der Waals surface area contributed by atoms with Gasteiger partial charge in [0.15, 0.2) is 5.84 Å². The lowest BCUT2D eigenvalue weighted by Gasteiger charge is -2.21. The Morgan fingerprint density at radius 2 is 2.11 bits per heavy atom. The maximum Gasteiger partial charge on any atom is 0.253 e. The lowest BCUT2D eigenvalue weighted by molar-refractivity contribution is -0.124. The van der Waals surface area contributed by atoms with Crippen molar-refractivity contribution in [2.75, 3.05) is 0 Å². The minimum atomic E-state index is -0.688. The SMILES string of the molecule is CCc1cc(C)cnc1C1=NC(C)(C(C)C)C(=O)N1. The summed E-state index contributed by atoms with van der Waals surface area (Å²) in [5.41, 5.74) is 2.35. The zero-order chi connectivity index (χ0) is 14.2. The molecule has 0 fully saturated rings. The number of carbonyl (C=O) groups excluding carboxylic acids is 1. The van der Waals surface area contributed by atoms with Gasteiger partial charge in [-0.25, -0.2) is 4.99 Å². The van der Waals surface area contributed by atoms with Gasteiger partial charge >= 0.3 is 0 Å². The number of aryl methyl sites for hydroxylation is 2. The summed E-state index contributed by atoms with van der Waals surface area (Å²) < 4.78 is 0. The first-order chi connectivity index (χ1) is 8.88. The number of aromatic nitrogens is 1. The van der Waals surface area contributed by atoms with Crippen LogP contribution < -0.4 is 5.32 Å². The van der Waals surface area contributed by atoms with Crippen molar-refractivity contribution >= 4 is 11.7 Å². The average molecular weight is 259 g/mol. The molecule has 102 valence electrons. The fraction of sp³-hybridized carbons (Fsp3) is 0.533. The number of rotatable bonds is 3. The zero-order valence-corrected chi connectivity index (χ0v) is 12.2. The summed E-state index contributed by atoms with van der Waals surface area (Å²) in [4.78, 5) is 21.2. The molecule has 1 amide bonds. The zero-order valence-electron chi connectivity index (χ0n) is 12.2. The number of hydrogen-bond acceptors (Lipinski definition) is 3. The van der Waals surface area contributed by atoms with Gasteiger partial charge in [0.25, 0.3) is 5.91 Å². The number of amides is 1. The maximum atomic E-state index is 12.1. The lowest BCUT2D eigenvalue weighted by atomic mass is 9.89. The van der Waals surface area contributed by atoms with E-state index >= 15 is 0 Å². The van der Waals surface area contributed by atoms with E-state index in [0.29, 0.717) is 5.84 Å². The highest BCUT2D eigenvalue weighted by Gasteiger charge is 2.42. The predicted molar refractivity (Wildman–Crippen MR) is 76.3 cm³/mol. The van der Waals surface area contributed by atoms with E-state index in [1.54, 1.807) is 0 Å². The molecule has 0 aromatic carbocycles. The van der Waals surface area contributed by atoms with Crippen LogP contribution in [-0.2, 0) is 11.2 Å². The van der Waals surface area contributed by atoms with Gasteiger partial charge in [-0.3, -0.25) is 9.78 Å². The van der Waals surface area contributed by atoms with Crippen molar-refractivity contribution in [3.63, 3.8) is 0 Å². The highest BCUT2D eigenvalue weighted by atomic mass is 16.2. The van der Waals surface area contributed by atoms with Crippen LogP contribution in [0.4, 0.5) is 0 Å². The fourth-order valence-electron chi connectivity index (χ4n) is 2.16. The molecule has 0 saturated heterocycles. The van der Waals surface area contributed by atoms with Crippen molar-refractivity contribution < 1.29 is 4.79 Å². The van der Waals surface area contributed by atoms with Gasteiger partial charge in [0, 0.05) is 6.20 Å². The Hall–Kier alpha value is -1.71. The first-order valence-corrected chi connectivity index (χ1v) is 6.75. The predicted octanol–water partition coefficient (Wildman–Crippen LogP) is 2.24. The monoisotopic (exact) mass is 259 g/mol. The number of aliphatic imine (C=N–C) groups is 1. The molecule has 1 aromatic rings. The summed E-state index contributed by atoms with van der Waals surface area (Å²) in [7, 11) is 0. The maximum absolute atomic E-state index is 12.1. The molecule has 0 aliphatic carbocycles. The van der Waals surface area contributed by atoms with Crippen LogP contribution in [0.15, 0.2) is 17.3 Å². The van der Waals surface area contributed by atoms with Crippen molar-refractivity contribution in [3.05, 3.63) is 29.1 Å². The molecule has 1 N–H and O–H groups in total. The van der Waals surface area contributed by atoms with Gasteiger partial charge in [-0.1, -0.05) is 26.8 Å². The van der Waals surface area contributed by atoms with E-state index in [1.807, 2.05) is 33.9 Å². The van der Waals surface area contributed by atoms with E-state index in [1.165, 1.54) is 0 Å². The third-order valence-electron chi connectivity index (χ3n) is 3.87. The summed E-state index contributed by atoms with van der Waals surface area (Å²) in [5.74, 6) is 0.723. The Morgan fingerprint density at radius 3 is 2.63 bits per heavy atom. The smallest absolute Gasteiger partial charge is 0.253 e. The second-order valence-corrected chi connectivity index (χ2v) is 5.59. The molecule has 1 unspecified atom stereocenters. The highest BCUT2D eigenvalue weighted by molar-refractivity contribution is 6.15. The van der Waals surface area contributed by atoms with Crippen LogP contribution >= 0.6 is 0 Å². The summed E-state index contributed by atoms with van der Waals surface area (Å²) in [5, 5.41) is 2.88. The van der Waals surface area contributed by atoms with Crippen LogP contribution in [0.1, 0.15) is 44.5 Å². The van der Waals surface area contributed by atoms with Gasteiger partial charge in [0.2, 0.25) is 0 Å². The quantitative estimate of drug-likeness (QED) is 0.905. The van der Waals surface area contributed by atoms with Gasteiger partial charge in [-0.05, 0) is 37.3 Å². The molecule has 0 radical (unpaired) electrons. The van der Waals surface area contributed by atoms with Gasteiger partial charge in [0.1, 0.15) is 11.2 Å². The molecule has 4 nitrogen and oxygen atoms in total. The molecule has 19 heavy (non-hydrogen) atoms. The van der Waals surface area contributed by atoms with Crippen LogP contribution in [0, 0.1) is 12.8 Å². The second kappa shape index (κ2) is 4.76. The molecular weight excluding hydrogens is 238 g/mol. The molecule has 1 aliphatic heterocycles. The molecule has 2 rings (SSSR count). The van der Waals surface area contributed by atoms with Gasteiger partial charge in [-0.2, -0.15) is 0 Å². The summed E-state index contributed by atoms with van der Waals surface area (Å²) >= 11 is 0. The average Bonchev–Trinajstić information content (AvgIpc) is 2.66. The molecule has 4 heteroatoms. The Balaban J connectivity index is 2.47. The highest BCUT2D eigenvalue weighted by Crippen LogP contribution is 2.27. The molecule has 1 aromatic heterocycles. The Morgan fingerprint density at radius 1 is 1.42 bits per heavy atom. The standard InChI is InChI=1S/C15H21N3O/c1-6-11-7-10(4)8-16-12(11)13-17-14(19)15(5,18-13)9(2)3/h7-9H,6H2,1-5H3,(H,17,18,19). The number of amidine groups is 1. The lowest BCUT2D eigenvalue weighted by Crippen LogP contribution is -2.41. The minimum Gasteiger partial charge on any atom is -0.307 e. The van der Waals surface area contributed by atoms with Crippen LogP contribution in [-0.4, -0.2) is 22.3 Å². The molecule has 1 aliphatic rings. The summed E-state index contributed by atoms with van der Waals surface area (Å²) in [6, 6.07) is 2.10. The van der Waals surface area contributed by atoms with Crippen molar-refractivity contribution in [1.29, 1.82) is 0 Å². The molecule has 0 spiro atoms.